The molecular formula is C22H42F14O3Si4. The molecule has 0 aliphatic carbocycles. The zero-order valence-corrected chi connectivity index (χ0v) is 27.3. The minimum Gasteiger partial charge on any atom is -0.437 e. The molecule has 0 fully saturated rings. The third-order valence-electron chi connectivity index (χ3n) is 3.70. The maximum atomic E-state index is 8.00. The first-order valence-electron chi connectivity index (χ1n) is 10.5. The van der Waals surface area contributed by atoms with Crippen molar-refractivity contribution in [3.05, 3.63) is 60.7 Å². The first-order chi connectivity index (χ1) is 19.3. The van der Waals surface area contributed by atoms with Gasteiger partial charge >= 0.3 is 17.1 Å². The van der Waals surface area contributed by atoms with Crippen LogP contribution in [0.1, 0.15) is 14.9 Å². The van der Waals surface area contributed by atoms with E-state index in [1.54, 1.807) is 0 Å². The molecule has 3 nitrogen and oxygen atoms in total. The minimum absolute atomic E-state index is 0. The first-order valence-corrected chi connectivity index (χ1v) is 22.0. The fraction of sp³-hybridized carbons (Fsp3) is 0.455. The van der Waals surface area contributed by atoms with E-state index in [0.29, 0.717) is 0 Å². The molecule has 2 rings (SSSR count). The van der Waals surface area contributed by atoms with Crippen LogP contribution in [0.15, 0.2) is 60.7 Å². The fourth-order valence-corrected chi connectivity index (χ4v) is 20.0. The maximum absolute atomic E-state index is 8.00. The highest BCUT2D eigenvalue weighted by Gasteiger charge is 2.51. The van der Waals surface area contributed by atoms with Crippen molar-refractivity contribution in [1.82, 2.24) is 0 Å². The largest absolute Gasteiger partial charge is 0.437 e. The van der Waals surface area contributed by atoms with Crippen LogP contribution in [-0.4, -0.2) is 33.8 Å². The molecule has 0 bridgehead atoms. The molecule has 0 amide bonds. The topological polar surface area (TPSA) is 27.7 Å². The lowest BCUT2D eigenvalue weighted by Gasteiger charge is -2.43. The normalized spacial score (nSPS) is 9.53. The summed E-state index contributed by atoms with van der Waals surface area (Å²) in [6.45, 7) is 17.7. The molecule has 0 saturated carbocycles. The third-order valence-corrected chi connectivity index (χ3v) is 17.0. The van der Waals surface area contributed by atoms with Crippen LogP contribution in [0.25, 0.3) is 0 Å². The average Bonchev–Trinajstić information content (AvgIpc) is 2.99. The highest BCUT2D eigenvalue weighted by atomic mass is 28.5. The standard InChI is InChI=1S/C20H34O3Si4.2CH4.7F2/c1-24(2,3)21-26(7,8)23-27(22-25(4,5)6,19-15-11-9-12-16-19)20-17-13-10-14-18-20;;;7*1-2/h9-18H,1-8H3;2*1H4;;;;;;;. The van der Waals surface area contributed by atoms with Crippen molar-refractivity contribution in [3.63, 3.8) is 0 Å². The van der Waals surface area contributed by atoms with E-state index in [1.165, 1.54) is 0 Å². The Morgan fingerprint density at radius 2 is 0.605 bits per heavy atom. The summed E-state index contributed by atoms with van der Waals surface area (Å²) in [5, 5.41) is 2.30. The molecule has 0 N–H and O–H groups in total. The summed E-state index contributed by atoms with van der Waals surface area (Å²) in [5.41, 5.74) is 0. The summed E-state index contributed by atoms with van der Waals surface area (Å²) in [4.78, 5) is 0. The van der Waals surface area contributed by atoms with Gasteiger partial charge in [0, 0.05) is 64.0 Å². The number of hydrogen-bond donors (Lipinski definition) is 0. The Kier molecular flexibility index (Phi) is 51.1. The van der Waals surface area contributed by atoms with Crippen molar-refractivity contribution in [3.8, 4) is 0 Å². The van der Waals surface area contributed by atoms with Gasteiger partial charge in [0.1, 0.15) is 0 Å². The second-order valence-corrected chi connectivity index (χ2v) is 25.4. The summed E-state index contributed by atoms with van der Waals surface area (Å²) < 4.78 is 133. The lowest BCUT2D eigenvalue weighted by atomic mass is 10.4. The second-order valence-electron chi connectivity index (χ2n) is 9.28. The van der Waals surface area contributed by atoms with Crippen molar-refractivity contribution in [2.24, 2.45) is 0 Å². The van der Waals surface area contributed by atoms with E-state index in [2.05, 4.69) is 101 Å². The van der Waals surface area contributed by atoms with E-state index in [9.17, 15) is 0 Å². The number of halogens is 14. The van der Waals surface area contributed by atoms with Crippen LogP contribution in [0.4, 0.5) is 64.0 Å². The van der Waals surface area contributed by atoms with Gasteiger partial charge in [-0.15, -0.1) is 0 Å². The van der Waals surface area contributed by atoms with Crippen LogP contribution in [0, 0.1) is 0 Å². The molecule has 0 spiro atoms. The van der Waals surface area contributed by atoms with Crippen LogP contribution < -0.4 is 10.4 Å². The summed E-state index contributed by atoms with van der Waals surface area (Å²) in [7, 11) is -8.96. The molecule has 0 aromatic heterocycles. The smallest absolute Gasteiger partial charge is 0.388 e. The van der Waals surface area contributed by atoms with Crippen molar-refractivity contribution < 1.29 is 76.4 Å². The van der Waals surface area contributed by atoms with Crippen molar-refractivity contribution in [2.75, 3.05) is 0 Å². The molecule has 0 aliphatic heterocycles. The number of hydrogen-bond acceptors (Lipinski definition) is 3. The quantitative estimate of drug-likeness (QED) is 0.200. The van der Waals surface area contributed by atoms with Crippen LogP contribution >= 0.6 is 0 Å². The molecule has 0 unspecified atom stereocenters. The van der Waals surface area contributed by atoms with Crippen LogP contribution in [0.5, 0.6) is 0 Å². The second kappa shape index (κ2) is 36.4. The summed E-state index contributed by atoms with van der Waals surface area (Å²) >= 11 is 0. The van der Waals surface area contributed by atoms with Crippen LogP contribution in [-0.2, 0) is 12.3 Å². The molecule has 0 saturated heterocycles. The Bertz CT molecular complexity index is 723. The number of benzene rings is 2. The molecule has 21 heteroatoms. The molecule has 2 aromatic carbocycles. The van der Waals surface area contributed by atoms with E-state index in [4.69, 9.17) is 76.4 Å². The van der Waals surface area contributed by atoms with E-state index >= 15 is 0 Å². The highest BCUT2D eigenvalue weighted by Crippen LogP contribution is 2.24. The van der Waals surface area contributed by atoms with Gasteiger partial charge in [-0.25, -0.2) is 0 Å². The van der Waals surface area contributed by atoms with Gasteiger partial charge in [0.25, 0.3) is 0 Å². The van der Waals surface area contributed by atoms with E-state index in [1.807, 2.05) is 12.1 Å². The average molecular weight is 733 g/mol. The van der Waals surface area contributed by atoms with Gasteiger partial charge in [-0.05, 0) is 62.7 Å². The molecule has 0 atom stereocenters. The summed E-state index contributed by atoms with van der Waals surface area (Å²) in [6, 6.07) is 21.0. The van der Waals surface area contributed by atoms with Gasteiger partial charge < -0.3 is 12.3 Å². The highest BCUT2D eigenvalue weighted by molar-refractivity contribution is 7.02. The number of rotatable bonds is 8. The Balaban J connectivity index is -0.000000112. The summed E-state index contributed by atoms with van der Waals surface area (Å²) in [6.07, 6.45) is 0. The van der Waals surface area contributed by atoms with Crippen molar-refractivity contribution in [2.45, 2.75) is 67.2 Å². The monoisotopic (exact) mass is 732 g/mol. The molecule has 43 heavy (non-hydrogen) atoms. The van der Waals surface area contributed by atoms with Gasteiger partial charge in [-0.1, -0.05) is 75.5 Å². The van der Waals surface area contributed by atoms with Crippen molar-refractivity contribution in [1.29, 1.82) is 0 Å². The Hall–Kier alpha value is -1.79. The SMILES string of the molecule is C.C.C[Si](C)(C)O[Si](C)(C)O[Si](O[Si](C)(C)C)(c1ccccc1)c1ccccc1.FF.FF.FF.FF.FF.FF.FF. The molecule has 0 radical (unpaired) electrons. The lowest BCUT2D eigenvalue weighted by Crippen LogP contribution is -2.71. The lowest BCUT2D eigenvalue weighted by molar-refractivity contribution is 0.108. The predicted molar refractivity (Wildman–Crippen MR) is 154 cm³/mol. The van der Waals surface area contributed by atoms with Crippen molar-refractivity contribution >= 4 is 44.1 Å². The third kappa shape index (κ3) is 30.0. The van der Waals surface area contributed by atoms with Gasteiger partial charge in [-0.2, -0.15) is 0 Å². The molecular weight excluding hydrogens is 691 g/mol. The molecule has 0 heterocycles. The Labute approximate surface area is 248 Å². The van der Waals surface area contributed by atoms with Crippen LogP contribution in [0.3, 0.4) is 0 Å². The van der Waals surface area contributed by atoms with Crippen LogP contribution in [0.2, 0.25) is 52.4 Å². The van der Waals surface area contributed by atoms with Gasteiger partial charge in [0.05, 0.1) is 0 Å². The summed E-state index contributed by atoms with van der Waals surface area (Å²) in [5.74, 6) is 0. The maximum Gasteiger partial charge on any atom is 0.388 e. The molecule has 0 aliphatic rings. The zero-order chi connectivity index (χ0) is 34.3. The zero-order valence-electron chi connectivity index (χ0n) is 23.3. The van der Waals surface area contributed by atoms with Gasteiger partial charge in [0.15, 0.2) is 16.6 Å². The van der Waals surface area contributed by atoms with Gasteiger partial charge in [0.2, 0.25) is 0 Å². The van der Waals surface area contributed by atoms with E-state index in [0.717, 1.165) is 10.4 Å². The predicted octanol–water partition coefficient (Wildman–Crippen LogP) is 11.8. The minimum atomic E-state index is -2.90. The molecule has 262 valence electrons. The molecule has 2 aromatic rings. The first kappa shape index (κ1) is 60.4. The Morgan fingerprint density at radius 3 is 0.814 bits per heavy atom. The Morgan fingerprint density at radius 1 is 0.372 bits per heavy atom. The van der Waals surface area contributed by atoms with Gasteiger partial charge in [-0.3, -0.25) is 0 Å². The van der Waals surface area contributed by atoms with E-state index < -0.39 is 33.8 Å². The fourth-order valence-electron chi connectivity index (χ4n) is 3.27. The van der Waals surface area contributed by atoms with E-state index in [-0.39, 0.29) is 14.9 Å².